The van der Waals surface area contributed by atoms with Gasteiger partial charge < -0.3 is 15.0 Å². The first kappa shape index (κ1) is 23.7. The molecule has 0 saturated heterocycles. The molecule has 7 heteroatoms. The number of carbonyl (C=O) groups excluding carboxylic acids is 2. The van der Waals surface area contributed by atoms with Crippen molar-refractivity contribution in [3.05, 3.63) is 65.5 Å². The Morgan fingerprint density at radius 2 is 1.97 bits per heavy atom. The Kier molecular flexibility index (Phi) is 9.67. The molecule has 0 heterocycles. The summed E-state index contributed by atoms with van der Waals surface area (Å²) in [5.74, 6) is 0.603. The summed E-state index contributed by atoms with van der Waals surface area (Å²) in [7, 11) is 1.59. The van der Waals surface area contributed by atoms with Crippen LogP contribution in [-0.2, 0) is 21.9 Å². The summed E-state index contributed by atoms with van der Waals surface area (Å²) in [4.78, 5) is 27.1. The van der Waals surface area contributed by atoms with Crippen molar-refractivity contribution in [2.45, 2.75) is 38.6 Å². The molecule has 30 heavy (non-hydrogen) atoms. The Bertz CT molecular complexity index is 847. The molecule has 1 N–H and O–H groups in total. The van der Waals surface area contributed by atoms with Crippen molar-refractivity contribution in [1.82, 2.24) is 10.2 Å². The Balaban J connectivity index is 2.09. The van der Waals surface area contributed by atoms with Gasteiger partial charge in [0, 0.05) is 18.8 Å². The largest absolute Gasteiger partial charge is 0.497 e. The molecule has 0 aliphatic carbocycles. The average Bonchev–Trinajstić information content (AvgIpc) is 2.76. The van der Waals surface area contributed by atoms with E-state index in [1.54, 1.807) is 37.1 Å². The van der Waals surface area contributed by atoms with Crippen LogP contribution in [0.3, 0.4) is 0 Å². The van der Waals surface area contributed by atoms with E-state index in [1.807, 2.05) is 31.2 Å². The van der Waals surface area contributed by atoms with Crippen LogP contribution in [0, 0.1) is 5.82 Å². The predicted octanol–water partition coefficient (Wildman–Crippen LogP) is 4.01. The van der Waals surface area contributed by atoms with Gasteiger partial charge in [-0.1, -0.05) is 37.3 Å². The number of ether oxygens (including phenoxy) is 1. The number of rotatable bonds is 11. The third-order valence-electron chi connectivity index (χ3n) is 4.64. The molecular weight excluding hydrogens is 403 g/mol. The number of amides is 2. The molecule has 2 aromatic rings. The predicted molar refractivity (Wildman–Crippen MR) is 119 cm³/mol. The lowest BCUT2D eigenvalue weighted by atomic mass is 10.1. The van der Waals surface area contributed by atoms with Crippen LogP contribution in [-0.4, -0.2) is 42.2 Å². The van der Waals surface area contributed by atoms with E-state index in [1.165, 1.54) is 17.8 Å². The minimum Gasteiger partial charge on any atom is -0.497 e. The second kappa shape index (κ2) is 12.2. The number of benzene rings is 2. The molecule has 0 radical (unpaired) electrons. The molecule has 162 valence electrons. The molecule has 0 aliphatic rings. The number of halogens is 1. The lowest BCUT2D eigenvalue weighted by Gasteiger charge is -2.29. The van der Waals surface area contributed by atoms with Crippen molar-refractivity contribution < 1.29 is 18.7 Å². The van der Waals surface area contributed by atoms with E-state index in [2.05, 4.69) is 5.32 Å². The summed E-state index contributed by atoms with van der Waals surface area (Å²) in [6.07, 6.45) is 0.820. The summed E-state index contributed by atoms with van der Waals surface area (Å²) in [5, 5.41) is 2.85. The first-order valence-electron chi connectivity index (χ1n) is 9.97. The van der Waals surface area contributed by atoms with Gasteiger partial charge in [-0.25, -0.2) is 4.39 Å². The quantitative estimate of drug-likeness (QED) is 0.583. The summed E-state index contributed by atoms with van der Waals surface area (Å²) >= 11 is 1.33. The van der Waals surface area contributed by atoms with E-state index in [0.29, 0.717) is 23.6 Å². The molecule has 0 spiro atoms. The van der Waals surface area contributed by atoms with E-state index in [4.69, 9.17) is 4.74 Å². The number of carbonyl (C=O) groups is 2. The molecular formula is C23H29FN2O3S. The van der Waals surface area contributed by atoms with Crippen LogP contribution in [0.25, 0.3) is 0 Å². The first-order chi connectivity index (χ1) is 14.5. The Morgan fingerprint density at radius 3 is 2.67 bits per heavy atom. The van der Waals surface area contributed by atoms with Crippen molar-refractivity contribution in [3.8, 4) is 5.75 Å². The van der Waals surface area contributed by atoms with Crippen LogP contribution >= 0.6 is 11.8 Å². The van der Waals surface area contributed by atoms with Gasteiger partial charge in [0.1, 0.15) is 17.6 Å². The number of thioether (sulfide) groups is 1. The molecule has 0 aromatic heterocycles. The average molecular weight is 433 g/mol. The zero-order chi connectivity index (χ0) is 21.9. The number of nitrogens with zero attached hydrogens (tertiary/aromatic N) is 1. The van der Waals surface area contributed by atoms with Gasteiger partial charge in [0.25, 0.3) is 0 Å². The molecule has 1 atom stereocenters. The van der Waals surface area contributed by atoms with Crippen LogP contribution in [0.2, 0.25) is 0 Å². The highest BCUT2D eigenvalue weighted by Crippen LogP contribution is 2.19. The Morgan fingerprint density at radius 1 is 1.20 bits per heavy atom. The van der Waals surface area contributed by atoms with E-state index < -0.39 is 6.04 Å². The highest BCUT2D eigenvalue weighted by atomic mass is 32.2. The van der Waals surface area contributed by atoms with E-state index in [9.17, 15) is 14.0 Å². The van der Waals surface area contributed by atoms with E-state index >= 15 is 0 Å². The SMILES string of the molecule is CCCNC(=O)[C@@H](C)N(Cc1cccc(OC)c1)C(=O)CSCc1ccccc1F. The third-order valence-corrected chi connectivity index (χ3v) is 5.61. The van der Waals surface area contributed by atoms with Crippen LogP contribution in [0.15, 0.2) is 48.5 Å². The van der Waals surface area contributed by atoms with Gasteiger partial charge in [-0.3, -0.25) is 9.59 Å². The summed E-state index contributed by atoms with van der Waals surface area (Å²) in [5.41, 5.74) is 1.43. The fraction of sp³-hybridized carbons (Fsp3) is 0.391. The van der Waals surface area contributed by atoms with Gasteiger partial charge in [-0.05, 0) is 42.7 Å². The van der Waals surface area contributed by atoms with Crippen molar-refractivity contribution in [2.75, 3.05) is 19.4 Å². The number of hydrogen-bond donors (Lipinski definition) is 1. The zero-order valence-electron chi connectivity index (χ0n) is 17.7. The zero-order valence-corrected chi connectivity index (χ0v) is 18.5. The van der Waals surface area contributed by atoms with Gasteiger partial charge in [0.05, 0.1) is 12.9 Å². The lowest BCUT2D eigenvalue weighted by molar-refractivity contribution is -0.138. The third kappa shape index (κ3) is 7.06. The van der Waals surface area contributed by atoms with E-state index in [-0.39, 0.29) is 29.9 Å². The van der Waals surface area contributed by atoms with Gasteiger partial charge >= 0.3 is 0 Å². The lowest BCUT2D eigenvalue weighted by Crippen LogP contribution is -2.48. The minimum absolute atomic E-state index is 0.156. The van der Waals surface area contributed by atoms with Crippen LogP contribution in [0.5, 0.6) is 5.75 Å². The topological polar surface area (TPSA) is 58.6 Å². The number of methoxy groups -OCH3 is 1. The molecule has 2 amide bonds. The molecule has 0 fully saturated rings. The maximum absolute atomic E-state index is 13.8. The highest BCUT2D eigenvalue weighted by Gasteiger charge is 2.26. The number of nitrogens with one attached hydrogen (secondary N) is 1. The molecule has 2 rings (SSSR count). The molecule has 0 aliphatic heterocycles. The molecule has 0 unspecified atom stereocenters. The van der Waals surface area contributed by atoms with E-state index in [0.717, 1.165) is 12.0 Å². The summed E-state index contributed by atoms with van der Waals surface area (Å²) in [6, 6.07) is 13.3. The maximum Gasteiger partial charge on any atom is 0.242 e. The standard InChI is InChI=1S/C23H29FN2O3S/c1-4-12-25-23(28)17(2)26(14-18-8-7-10-20(13-18)29-3)22(27)16-30-15-19-9-5-6-11-21(19)24/h5-11,13,17H,4,12,14-16H2,1-3H3,(H,25,28)/t17-/m1/s1. The monoisotopic (exact) mass is 432 g/mol. The van der Waals surface area contributed by atoms with Gasteiger partial charge in [-0.2, -0.15) is 0 Å². The van der Waals surface area contributed by atoms with Crippen LogP contribution in [0.4, 0.5) is 4.39 Å². The minimum atomic E-state index is -0.621. The summed E-state index contributed by atoms with van der Waals surface area (Å²) < 4.78 is 19.1. The van der Waals surface area contributed by atoms with Crippen molar-refractivity contribution in [2.24, 2.45) is 0 Å². The molecule has 0 bridgehead atoms. The van der Waals surface area contributed by atoms with Gasteiger partial charge in [-0.15, -0.1) is 11.8 Å². The maximum atomic E-state index is 13.8. The van der Waals surface area contributed by atoms with Crippen molar-refractivity contribution in [1.29, 1.82) is 0 Å². The Labute approximate surface area is 182 Å². The molecule has 0 saturated carbocycles. The summed E-state index contributed by atoms with van der Waals surface area (Å²) in [6.45, 7) is 4.55. The first-order valence-corrected chi connectivity index (χ1v) is 11.1. The van der Waals surface area contributed by atoms with Crippen molar-refractivity contribution >= 4 is 23.6 Å². The smallest absolute Gasteiger partial charge is 0.242 e. The second-order valence-electron chi connectivity index (χ2n) is 6.92. The van der Waals surface area contributed by atoms with Crippen LogP contribution < -0.4 is 10.1 Å². The van der Waals surface area contributed by atoms with Crippen molar-refractivity contribution in [3.63, 3.8) is 0 Å². The molecule has 2 aromatic carbocycles. The second-order valence-corrected chi connectivity index (χ2v) is 7.91. The normalized spacial score (nSPS) is 11.6. The van der Waals surface area contributed by atoms with Crippen LogP contribution in [0.1, 0.15) is 31.4 Å². The number of hydrogen-bond acceptors (Lipinski definition) is 4. The highest BCUT2D eigenvalue weighted by molar-refractivity contribution is 7.99. The Hall–Kier alpha value is -2.54. The molecule has 5 nitrogen and oxygen atoms in total. The fourth-order valence-electron chi connectivity index (χ4n) is 2.89. The van der Waals surface area contributed by atoms with Gasteiger partial charge in [0.2, 0.25) is 11.8 Å². The van der Waals surface area contributed by atoms with Gasteiger partial charge in [0.15, 0.2) is 0 Å². The fourth-order valence-corrected chi connectivity index (χ4v) is 3.79.